The molecule has 0 fully saturated rings. The Morgan fingerprint density at radius 3 is 2.55 bits per heavy atom. The molecule has 1 aromatic carbocycles. The molecule has 0 bridgehead atoms. The lowest BCUT2D eigenvalue weighted by Gasteiger charge is -1.99. The smallest absolute Gasteiger partial charge is 0.269 e. The van der Waals surface area contributed by atoms with Crippen molar-refractivity contribution in [1.82, 2.24) is 20.4 Å². The summed E-state index contributed by atoms with van der Waals surface area (Å²) in [5.74, 6) is 0. The van der Waals surface area contributed by atoms with Crippen LogP contribution in [0.2, 0.25) is 0 Å². The van der Waals surface area contributed by atoms with Gasteiger partial charge in [-0.1, -0.05) is 23.4 Å². The average Bonchev–Trinajstić information content (AvgIpc) is 2.87. The monoisotopic (exact) mass is 293 g/mol. The van der Waals surface area contributed by atoms with E-state index in [1.807, 2.05) is 10.8 Å². The van der Waals surface area contributed by atoms with Crippen LogP contribution in [0, 0.1) is 0 Å². The summed E-state index contributed by atoms with van der Waals surface area (Å²) in [5, 5.41) is 9.89. The summed E-state index contributed by atoms with van der Waals surface area (Å²) in [7, 11) is -4.13. The van der Waals surface area contributed by atoms with Gasteiger partial charge < -0.3 is 0 Å². The second kappa shape index (κ2) is 6.08. The molecule has 2 heterocycles. The van der Waals surface area contributed by atoms with Gasteiger partial charge in [-0.25, -0.2) is 0 Å². The van der Waals surface area contributed by atoms with E-state index in [9.17, 15) is 8.42 Å². The Labute approximate surface area is 115 Å². The maximum Gasteiger partial charge on any atom is 0.357 e. The number of aromatic amines is 1. The van der Waals surface area contributed by atoms with Gasteiger partial charge in [-0.2, -0.15) is 8.42 Å². The van der Waals surface area contributed by atoms with Crippen LogP contribution in [-0.4, -0.2) is 33.4 Å². The van der Waals surface area contributed by atoms with Crippen LogP contribution in [0.3, 0.4) is 0 Å². The lowest BCUT2D eigenvalue weighted by atomic mass is 10.3. The normalized spacial score (nSPS) is 10.7. The van der Waals surface area contributed by atoms with E-state index in [1.165, 1.54) is 12.1 Å². The van der Waals surface area contributed by atoms with Crippen LogP contribution >= 0.6 is 0 Å². The van der Waals surface area contributed by atoms with Crippen molar-refractivity contribution in [3.63, 3.8) is 0 Å². The molecule has 0 spiro atoms. The van der Waals surface area contributed by atoms with Gasteiger partial charge in [0, 0.05) is 6.20 Å². The zero-order valence-corrected chi connectivity index (χ0v) is 10.9. The minimum Gasteiger partial charge on any atom is -0.269 e. The van der Waals surface area contributed by atoms with Crippen molar-refractivity contribution in [3.8, 4) is 11.4 Å². The predicted octanol–water partition coefficient (Wildman–Crippen LogP) is 1.21. The number of para-hydroxylation sites is 1. The third-order valence-electron chi connectivity index (χ3n) is 2.16. The maximum absolute atomic E-state index is 10.2. The van der Waals surface area contributed by atoms with E-state index >= 15 is 0 Å². The molecule has 3 N–H and O–H groups in total. The number of hydrogen-bond acceptors (Lipinski definition) is 5. The largest absolute Gasteiger partial charge is 0.357 e. The first-order chi connectivity index (χ1) is 9.54. The van der Waals surface area contributed by atoms with Crippen LogP contribution in [0.1, 0.15) is 0 Å². The van der Waals surface area contributed by atoms with Crippen molar-refractivity contribution in [2.45, 2.75) is 0 Å². The van der Waals surface area contributed by atoms with Gasteiger partial charge in [0.25, 0.3) is 0 Å². The zero-order valence-electron chi connectivity index (χ0n) is 10.1. The topological polar surface area (TPSA) is 121 Å². The highest BCUT2D eigenvalue weighted by atomic mass is 32.2. The Hall–Kier alpha value is -2.52. The van der Waals surface area contributed by atoms with Gasteiger partial charge in [-0.05, 0) is 18.2 Å². The molecule has 0 amide bonds. The number of nitrogens with one attached hydrogen (secondary N) is 2. The summed E-state index contributed by atoms with van der Waals surface area (Å²) < 4.78 is 30.7. The van der Waals surface area contributed by atoms with Gasteiger partial charge in [-0.15, -0.1) is 5.10 Å². The second-order valence-electron chi connectivity index (χ2n) is 3.64. The number of hydrogen-bond donors (Lipinski definition) is 3. The van der Waals surface area contributed by atoms with Crippen LogP contribution in [0.4, 0.5) is 5.69 Å². The van der Waals surface area contributed by atoms with Crippen LogP contribution in [0.25, 0.3) is 11.4 Å². The average molecular weight is 293 g/mol. The van der Waals surface area contributed by atoms with Crippen LogP contribution in [-0.2, 0) is 10.3 Å². The highest BCUT2D eigenvalue weighted by Crippen LogP contribution is 2.11. The van der Waals surface area contributed by atoms with E-state index in [4.69, 9.17) is 4.55 Å². The Morgan fingerprint density at radius 1 is 1.15 bits per heavy atom. The van der Waals surface area contributed by atoms with Crippen molar-refractivity contribution in [2.75, 3.05) is 4.72 Å². The van der Waals surface area contributed by atoms with E-state index in [-0.39, 0.29) is 0 Å². The number of fused-ring (bicyclic) bond motifs is 1. The SMILES string of the molecule is O=S(=O)(O)Nc1ccccc1.c1cc2[nH]nncc-2n1. The standard InChI is InChI=1S/C6H7NO3S.C5H4N4/c8-11(9,10)7-6-4-2-1-3-5-6;1-2-6-5-3-7-9-8-4(1)5/h1-5,7H,(H,8,9,10);1-3H,(H,7,8). The number of H-pyrrole nitrogens is 1. The van der Waals surface area contributed by atoms with E-state index in [0.717, 1.165) is 11.4 Å². The number of nitrogens with zero attached hydrogens (tertiary/aromatic N) is 3. The van der Waals surface area contributed by atoms with Crippen molar-refractivity contribution in [1.29, 1.82) is 0 Å². The molecule has 0 saturated heterocycles. The van der Waals surface area contributed by atoms with E-state index < -0.39 is 10.3 Å². The molecule has 0 atom stereocenters. The van der Waals surface area contributed by atoms with E-state index in [0.29, 0.717) is 5.69 Å². The maximum atomic E-state index is 10.2. The molecule has 104 valence electrons. The molecule has 8 nitrogen and oxygen atoms in total. The zero-order chi connectivity index (χ0) is 14.4. The third-order valence-corrected chi connectivity index (χ3v) is 2.65. The summed E-state index contributed by atoms with van der Waals surface area (Å²) in [4.78, 5) is 3.98. The lowest BCUT2D eigenvalue weighted by Crippen LogP contribution is -2.09. The fraction of sp³-hybridized carbons (Fsp3) is 0. The summed E-state index contributed by atoms with van der Waals surface area (Å²) in [6, 6.07) is 9.99. The molecule has 0 saturated carbocycles. The fourth-order valence-corrected chi connectivity index (χ4v) is 1.80. The molecule has 9 heteroatoms. The molecule has 2 aliphatic heterocycles. The summed E-state index contributed by atoms with van der Waals surface area (Å²) in [6.45, 7) is 0. The summed E-state index contributed by atoms with van der Waals surface area (Å²) >= 11 is 0. The molecule has 1 aromatic rings. The third kappa shape index (κ3) is 4.30. The molecule has 20 heavy (non-hydrogen) atoms. The molecule has 0 unspecified atom stereocenters. The second-order valence-corrected chi connectivity index (χ2v) is 4.80. The van der Waals surface area contributed by atoms with Gasteiger partial charge in [0.05, 0.1) is 17.6 Å². The van der Waals surface area contributed by atoms with Gasteiger partial charge >= 0.3 is 10.3 Å². The van der Waals surface area contributed by atoms with Crippen molar-refractivity contribution in [2.24, 2.45) is 0 Å². The number of rotatable bonds is 2. The van der Waals surface area contributed by atoms with Gasteiger partial charge in [0.1, 0.15) is 5.69 Å². The van der Waals surface area contributed by atoms with E-state index in [1.54, 1.807) is 30.6 Å². The molecular formula is C11H11N5O3S. The quantitative estimate of drug-likeness (QED) is 0.610. The molecule has 0 aliphatic carbocycles. The number of benzene rings is 1. The Kier molecular flexibility index (Phi) is 4.23. The Morgan fingerprint density at radius 2 is 1.90 bits per heavy atom. The van der Waals surface area contributed by atoms with Gasteiger partial charge in [-0.3, -0.25) is 19.4 Å². The molecule has 0 radical (unpaired) electrons. The first-order valence-corrected chi connectivity index (χ1v) is 6.90. The van der Waals surface area contributed by atoms with Crippen LogP contribution in [0.15, 0.2) is 48.8 Å². The van der Waals surface area contributed by atoms with Gasteiger partial charge in [0.15, 0.2) is 0 Å². The molecule has 0 aromatic heterocycles. The fourth-order valence-electron chi connectivity index (χ4n) is 1.37. The van der Waals surface area contributed by atoms with Crippen molar-refractivity contribution < 1.29 is 13.0 Å². The number of anilines is 1. The highest BCUT2D eigenvalue weighted by Gasteiger charge is 2.01. The minimum absolute atomic E-state index is 0.343. The lowest BCUT2D eigenvalue weighted by molar-refractivity contribution is 0.489. The molecular weight excluding hydrogens is 282 g/mol. The number of aromatic nitrogens is 4. The van der Waals surface area contributed by atoms with Crippen molar-refractivity contribution >= 4 is 16.0 Å². The summed E-state index contributed by atoms with van der Waals surface area (Å²) in [6.07, 6.45) is 3.33. The molecule has 3 rings (SSSR count). The predicted molar refractivity (Wildman–Crippen MR) is 72.4 cm³/mol. The molecule has 2 aliphatic rings. The first kappa shape index (κ1) is 13.9. The first-order valence-electron chi connectivity index (χ1n) is 5.46. The van der Waals surface area contributed by atoms with Crippen LogP contribution in [0.5, 0.6) is 0 Å². The van der Waals surface area contributed by atoms with Crippen LogP contribution < -0.4 is 4.72 Å². The summed E-state index contributed by atoms with van der Waals surface area (Å²) in [5.41, 5.74) is 2.12. The van der Waals surface area contributed by atoms with Crippen molar-refractivity contribution in [3.05, 3.63) is 48.8 Å². The minimum atomic E-state index is -4.13. The Balaban J connectivity index is 0.000000149. The highest BCUT2D eigenvalue weighted by molar-refractivity contribution is 7.87. The Bertz CT molecular complexity index is 702. The van der Waals surface area contributed by atoms with Gasteiger partial charge in [0.2, 0.25) is 0 Å². The van der Waals surface area contributed by atoms with E-state index in [2.05, 4.69) is 20.4 Å².